The number of aromatic nitrogens is 2. The van der Waals surface area contributed by atoms with Crippen LogP contribution in [0, 0.1) is 6.20 Å². The third kappa shape index (κ3) is 2.03. The van der Waals surface area contributed by atoms with Crippen molar-refractivity contribution in [2.45, 2.75) is 26.3 Å². The molecule has 0 saturated carbocycles. The maximum Gasteiger partial charge on any atom is 0.133 e. The lowest BCUT2D eigenvalue weighted by Gasteiger charge is -1.95. The lowest BCUT2D eigenvalue weighted by atomic mass is 10.3. The van der Waals surface area contributed by atoms with E-state index in [0.29, 0.717) is 5.02 Å². The van der Waals surface area contributed by atoms with Crippen LogP contribution in [-0.2, 0) is 6.54 Å². The summed E-state index contributed by atoms with van der Waals surface area (Å²) in [6.07, 6.45) is 6.77. The Morgan fingerprint density at radius 2 is 2.60 bits per heavy atom. The number of nitrogens with zero attached hydrogens (tertiary/aromatic N) is 2. The van der Waals surface area contributed by atoms with E-state index in [1.165, 1.54) is 6.42 Å². The van der Waals surface area contributed by atoms with Gasteiger partial charge in [-0.2, -0.15) is 5.10 Å². The Morgan fingerprint density at radius 1 is 1.80 bits per heavy atom. The standard InChI is InChI=1S/C7H10ClN2/c1-2-3-4-10-6-7(8)5-9-10/h6H,2-4H2,1H3. The number of hydrogen-bond donors (Lipinski definition) is 0. The van der Waals surface area contributed by atoms with E-state index >= 15 is 0 Å². The Kier molecular flexibility index (Phi) is 2.75. The Morgan fingerprint density at radius 3 is 3.10 bits per heavy atom. The minimum absolute atomic E-state index is 0.594. The van der Waals surface area contributed by atoms with Crippen molar-refractivity contribution in [1.82, 2.24) is 9.78 Å². The molecule has 0 aromatic carbocycles. The fraction of sp³-hybridized carbons (Fsp3) is 0.571. The van der Waals surface area contributed by atoms with E-state index in [2.05, 4.69) is 18.2 Å². The summed E-state index contributed by atoms with van der Waals surface area (Å²) in [5, 5.41) is 4.51. The summed E-state index contributed by atoms with van der Waals surface area (Å²) in [4.78, 5) is 0. The summed E-state index contributed by atoms with van der Waals surface area (Å²) < 4.78 is 1.81. The van der Waals surface area contributed by atoms with Crippen molar-refractivity contribution in [2.24, 2.45) is 0 Å². The Balaban J connectivity index is 2.42. The largest absolute Gasteiger partial charge is 0.271 e. The monoisotopic (exact) mass is 157 g/mol. The van der Waals surface area contributed by atoms with Crippen molar-refractivity contribution in [3.05, 3.63) is 17.4 Å². The van der Waals surface area contributed by atoms with Gasteiger partial charge in [-0.3, -0.25) is 4.68 Å². The molecule has 0 aliphatic rings. The molecule has 0 saturated heterocycles. The number of hydrogen-bond acceptors (Lipinski definition) is 1. The summed E-state index contributed by atoms with van der Waals surface area (Å²) in [6, 6.07) is 0. The van der Waals surface area contributed by atoms with Gasteiger partial charge >= 0.3 is 0 Å². The molecule has 2 nitrogen and oxygen atoms in total. The van der Waals surface area contributed by atoms with Crippen LogP contribution in [0.3, 0.4) is 0 Å². The van der Waals surface area contributed by atoms with Crippen LogP contribution in [0.5, 0.6) is 0 Å². The SMILES string of the molecule is CCCCn1cc(Cl)[c]n1. The highest BCUT2D eigenvalue weighted by atomic mass is 35.5. The Labute approximate surface area is 65.8 Å². The van der Waals surface area contributed by atoms with Crippen LogP contribution in [0.2, 0.25) is 5.02 Å². The predicted octanol–water partition coefficient (Wildman–Crippen LogP) is 2.14. The first-order chi connectivity index (χ1) is 4.83. The summed E-state index contributed by atoms with van der Waals surface area (Å²) in [7, 11) is 0. The summed E-state index contributed by atoms with van der Waals surface area (Å²) in [6.45, 7) is 3.09. The molecule has 0 fully saturated rings. The highest BCUT2D eigenvalue weighted by Gasteiger charge is 1.93. The predicted molar refractivity (Wildman–Crippen MR) is 41.0 cm³/mol. The van der Waals surface area contributed by atoms with E-state index in [-0.39, 0.29) is 0 Å². The molecule has 1 rings (SSSR count). The van der Waals surface area contributed by atoms with Crippen LogP contribution in [0.4, 0.5) is 0 Å². The topological polar surface area (TPSA) is 17.8 Å². The van der Waals surface area contributed by atoms with Crippen LogP contribution in [0.15, 0.2) is 6.20 Å². The van der Waals surface area contributed by atoms with E-state index < -0.39 is 0 Å². The molecular formula is C7H10ClN2. The van der Waals surface area contributed by atoms with Gasteiger partial charge in [0.05, 0.1) is 5.02 Å². The Bertz CT molecular complexity index is 195. The van der Waals surface area contributed by atoms with Gasteiger partial charge in [-0.15, -0.1) is 0 Å². The lowest BCUT2D eigenvalue weighted by Crippen LogP contribution is -1.96. The maximum atomic E-state index is 5.60. The second kappa shape index (κ2) is 3.62. The fourth-order valence-electron chi connectivity index (χ4n) is 0.735. The summed E-state index contributed by atoms with van der Waals surface area (Å²) in [5.74, 6) is 0. The van der Waals surface area contributed by atoms with Gasteiger partial charge in [0.15, 0.2) is 0 Å². The van der Waals surface area contributed by atoms with Crippen LogP contribution in [0.1, 0.15) is 19.8 Å². The second-order valence-corrected chi connectivity index (χ2v) is 2.61. The average Bonchev–Trinajstić information content (AvgIpc) is 2.31. The van der Waals surface area contributed by atoms with Crippen LogP contribution >= 0.6 is 11.6 Å². The minimum atomic E-state index is 0.594. The van der Waals surface area contributed by atoms with E-state index in [4.69, 9.17) is 11.6 Å². The molecule has 0 N–H and O–H groups in total. The van der Waals surface area contributed by atoms with Gasteiger partial charge in [0, 0.05) is 12.7 Å². The molecule has 0 aliphatic carbocycles. The van der Waals surface area contributed by atoms with Gasteiger partial charge in [-0.25, -0.2) is 0 Å². The number of rotatable bonds is 3. The third-order valence-electron chi connectivity index (χ3n) is 1.29. The fourth-order valence-corrected chi connectivity index (χ4v) is 0.886. The van der Waals surface area contributed by atoms with Gasteiger partial charge < -0.3 is 0 Å². The summed E-state index contributed by atoms with van der Waals surface area (Å²) in [5.41, 5.74) is 0. The molecule has 0 spiro atoms. The van der Waals surface area contributed by atoms with E-state index in [1.54, 1.807) is 6.20 Å². The van der Waals surface area contributed by atoms with Gasteiger partial charge in [0.25, 0.3) is 0 Å². The highest BCUT2D eigenvalue weighted by Crippen LogP contribution is 2.04. The first-order valence-electron chi connectivity index (χ1n) is 3.43. The highest BCUT2D eigenvalue weighted by molar-refractivity contribution is 6.30. The van der Waals surface area contributed by atoms with Crippen LogP contribution in [0.25, 0.3) is 0 Å². The van der Waals surface area contributed by atoms with E-state index in [1.807, 2.05) is 4.68 Å². The van der Waals surface area contributed by atoms with E-state index in [0.717, 1.165) is 13.0 Å². The van der Waals surface area contributed by atoms with Crippen molar-refractivity contribution in [1.29, 1.82) is 0 Å². The molecule has 1 aromatic rings. The van der Waals surface area contributed by atoms with Crippen molar-refractivity contribution in [3.63, 3.8) is 0 Å². The number of aryl methyl sites for hydroxylation is 1. The van der Waals surface area contributed by atoms with Crippen molar-refractivity contribution >= 4 is 11.6 Å². The Hall–Kier alpha value is -0.500. The van der Waals surface area contributed by atoms with Crippen molar-refractivity contribution < 1.29 is 0 Å². The molecule has 0 aliphatic heterocycles. The van der Waals surface area contributed by atoms with Crippen molar-refractivity contribution in [3.8, 4) is 0 Å². The van der Waals surface area contributed by atoms with Gasteiger partial charge in [0.2, 0.25) is 0 Å². The lowest BCUT2D eigenvalue weighted by molar-refractivity contribution is 0.571. The molecule has 0 bridgehead atoms. The number of unbranched alkanes of at least 4 members (excludes halogenated alkanes) is 1. The summed E-state index contributed by atoms with van der Waals surface area (Å²) >= 11 is 5.60. The van der Waals surface area contributed by atoms with Gasteiger partial charge in [0.1, 0.15) is 6.20 Å². The molecule has 0 atom stereocenters. The average molecular weight is 158 g/mol. The normalized spacial score (nSPS) is 10.2. The van der Waals surface area contributed by atoms with Gasteiger partial charge in [-0.1, -0.05) is 24.9 Å². The zero-order chi connectivity index (χ0) is 7.40. The number of halogens is 1. The molecule has 10 heavy (non-hydrogen) atoms. The maximum absolute atomic E-state index is 5.60. The smallest absolute Gasteiger partial charge is 0.133 e. The molecule has 1 radical (unpaired) electrons. The molecule has 3 heteroatoms. The molecule has 55 valence electrons. The van der Waals surface area contributed by atoms with Crippen LogP contribution in [-0.4, -0.2) is 9.78 Å². The molecule has 1 aromatic heterocycles. The first kappa shape index (κ1) is 7.61. The quantitative estimate of drug-likeness (QED) is 0.658. The van der Waals surface area contributed by atoms with Gasteiger partial charge in [-0.05, 0) is 6.42 Å². The third-order valence-corrected chi connectivity index (χ3v) is 1.47. The zero-order valence-corrected chi connectivity index (χ0v) is 6.73. The molecule has 0 amide bonds. The zero-order valence-electron chi connectivity index (χ0n) is 5.97. The molecule has 0 unspecified atom stereocenters. The molecule has 1 heterocycles. The first-order valence-corrected chi connectivity index (χ1v) is 3.81. The van der Waals surface area contributed by atoms with Crippen molar-refractivity contribution in [2.75, 3.05) is 0 Å². The minimum Gasteiger partial charge on any atom is -0.271 e. The molecular weight excluding hydrogens is 148 g/mol. The van der Waals surface area contributed by atoms with E-state index in [9.17, 15) is 0 Å². The van der Waals surface area contributed by atoms with Crippen LogP contribution < -0.4 is 0 Å². The second-order valence-electron chi connectivity index (χ2n) is 2.21.